The average Bonchev–Trinajstić information content (AvgIpc) is 2.56. The lowest BCUT2D eigenvalue weighted by Crippen LogP contribution is -2.14. The lowest BCUT2D eigenvalue weighted by atomic mass is 10.2. The zero-order valence-electron chi connectivity index (χ0n) is 12.7. The Balaban J connectivity index is 1.71. The first-order valence-electron chi connectivity index (χ1n) is 7.14. The highest BCUT2D eigenvalue weighted by Gasteiger charge is 2.10. The molecule has 122 valence electrons. The third-order valence-corrected chi connectivity index (χ3v) is 4.95. The van der Waals surface area contributed by atoms with Gasteiger partial charge in [0, 0.05) is 11.1 Å². The minimum absolute atomic E-state index is 0.140. The lowest BCUT2D eigenvalue weighted by molar-refractivity contribution is -0.113. The molecule has 0 aliphatic carbocycles. The summed E-state index contributed by atoms with van der Waals surface area (Å²) in [5, 5.41) is 5.38. The Labute approximate surface area is 153 Å². The second-order valence-corrected chi connectivity index (χ2v) is 6.84. The fourth-order valence-corrected chi connectivity index (χ4v) is 3.34. The molecule has 0 aliphatic heterocycles. The number of nitrogens with one attached hydrogen (secondary N) is 1. The predicted octanol–water partition coefficient (Wildman–Crippen LogP) is 4.98. The molecule has 0 unspecified atom stereocenters. The monoisotopic (exact) mass is 377 g/mol. The molecule has 0 bridgehead atoms. The number of aryl methyl sites for hydroxylation is 1. The first kappa shape index (κ1) is 17.0. The van der Waals surface area contributed by atoms with Crippen LogP contribution in [0.1, 0.15) is 5.82 Å². The second kappa shape index (κ2) is 7.38. The molecule has 3 aromatic rings. The van der Waals surface area contributed by atoms with Crippen molar-refractivity contribution in [3.05, 3.63) is 58.3 Å². The molecular formula is C17H13Cl2N3OS. The summed E-state index contributed by atoms with van der Waals surface area (Å²) >= 11 is 13.2. The first-order chi connectivity index (χ1) is 11.5. The van der Waals surface area contributed by atoms with Gasteiger partial charge < -0.3 is 5.32 Å². The van der Waals surface area contributed by atoms with E-state index in [0.29, 0.717) is 21.6 Å². The van der Waals surface area contributed by atoms with Gasteiger partial charge >= 0.3 is 0 Å². The van der Waals surface area contributed by atoms with Gasteiger partial charge in [0.25, 0.3) is 0 Å². The van der Waals surface area contributed by atoms with Crippen molar-refractivity contribution < 1.29 is 4.79 Å². The zero-order chi connectivity index (χ0) is 17.1. The van der Waals surface area contributed by atoms with Gasteiger partial charge in [0.1, 0.15) is 10.9 Å². The van der Waals surface area contributed by atoms with Crippen molar-refractivity contribution in [2.75, 3.05) is 11.1 Å². The lowest BCUT2D eigenvalue weighted by Gasteiger charge is -2.08. The van der Waals surface area contributed by atoms with Gasteiger partial charge in [-0.2, -0.15) is 0 Å². The quantitative estimate of drug-likeness (QED) is 0.514. The van der Waals surface area contributed by atoms with E-state index < -0.39 is 0 Å². The standard InChI is InChI=1S/C17H13Cl2N3OS/c1-10-20-15-5-3-2-4-12(15)17(21-10)24-9-16(23)22-11-6-7-13(18)14(19)8-11/h2-8H,9H2,1H3,(H,22,23). The summed E-state index contributed by atoms with van der Waals surface area (Å²) in [6.45, 7) is 1.84. The zero-order valence-corrected chi connectivity index (χ0v) is 15.0. The molecule has 4 nitrogen and oxygen atoms in total. The van der Waals surface area contributed by atoms with E-state index in [0.717, 1.165) is 15.9 Å². The van der Waals surface area contributed by atoms with Gasteiger partial charge in [0.15, 0.2) is 0 Å². The van der Waals surface area contributed by atoms with Crippen LogP contribution >= 0.6 is 35.0 Å². The highest BCUT2D eigenvalue weighted by atomic mass is 35.5. The number of hydrogen-bond donors (Lipinski definition) is 1. The Morgan fingerprint density at radius 1 is 1.12 bits per heavy atom. The maximum absolute atomic E-state index is 12.2. The number of anilines is 1. The van der Waals surface area contributed by atoms with Crippen molar-refractivity contribution in [2.24, 2.45) is 0 Å². The van der Waals surface area contributed by atoms with Crippen LogP contribution in [-0.4, -0.2) is 21.6 Å². The van der Waals surface area contributed by atoms with E-state index in [2.05, 4.69) is 15.3 Å². The van der Waals surface area contributed by atoms with E-state index in [9.17, 15) is 4.79 Å². The number of hydrogen-bond acceptors (Lipinski definition) is 4. The summed E-state index contributed by atoms with van der Waals surface area (Å²) in [5.74, 6) is 0.778. The summed E-state index contributed by atoms with van der Waals surface area (Å²) in [7, 11) is 0. The van der Waals surface area contributed by atoms with Crippen LogP contribution in [0.15, 0.2) is 47.5 Å². The topological polar surface area (TPSA) is 54.9 Å². The summed E-state index contributed by atoms with van der Waals surface area (Å²) in [5.41, 5.74) is 1.48. The first-order valence-corrected chi connectivity index (χ1v) is 8.88. The number of nitrogens with zero attached hydrogens (tertiary/aromatic N) is 2. The van der Waals surface area contributed by atoms with Crippen LogP contribution < -0.4 is 5.32 Å². The number of fused-ring (bicyclic) bond motifs is 1. The van der Waals surface area contributed by atoms with E-state index >= 15 is 0 Å². The number of aromatic nitrogens is 2. The van der Waals surface area contributed by atoms with Gasteiger partial charge in [-0.05, 0) is 31.2 Å². The van der Waals surface area contributed by atoms with E-state index in [1.165, 1.54) is 11.8 Å². The molecule has 0 saturated carbocycles. The van der Waals surface area contributed by atoms with Crippen molar-refractivity contribution in [1.82, 2.24) is 9.97 Å². The number of para-hydroxylation sites is 1. The highest BCUT2D eigenvalue weighted by molar-refractivity contribution is 8.00. The number of carbonyl (C=O) groups excluding carboxylic acids is 1. The van der Waals surface area contributed by atoms with Crippen molar-refractivity contribution in [1.29, 1.82) is 0 Å². The van der Waals surface area contributed by atoms with Gasteiger partial charge in [-0.25, -0.2) is 9.97 Å². The Kier molecular flexibility index (Phi) is 5.23. The van der Waals surface area contributed by atoms with Crippen LogP contribution in [0.3, 0.4) is 0 Å². The van der Waals surface area contributed by atoms with Crippen LogP contribution in [-0.2, 0) is 4.79 Å². The Bertz CT molecular complexity index is 917. The molecular weight excluding hydrogens is 365 g/mol. The van der Waals surface area contributed by atoms with Gasteiger partial charge in [0.2, 0.25) is 5.91 Å². The minimum Gasteiger partial charge on any atom is -0.325 e. The van der Waals surface area contributed by atoms with Crippen LogP contribution in [0.2, 0.25) is 10.0 Å². The molecule has 0 atom stereocenters. The van der Waals surface area contributed by atoms with Gasteiger partial charge in [-0.15, -0.1) is 0 Å². The van der Waals surface area contributed by atoms with Gasteiger partial charge in [0.05, 0.1) is 21.3 Å². The number of carbonyl (C=O) groups is 1. The average molecular weight is 378 g/mol. The molecule has 1 N–H and O–H groups in total. The molecule has 0 fully saturated rings. The predicted molar refractivity (Wildman–Crippen MR) is 100 cm³/mol. The van der Waals surface area contributed by atoms with Crippen molar-refractivity contribution in [2.45, 2.75) is 11.9 Å². The fraction of sp³-hybridized carbons (Fsp3) is 0.118. The number of halogens is 2. The Morgan fingerprint density at radius 3 is 2.71 bits per heavy atom. The summed E-state index contributed by atoms with van der Waals surface area (Å²) < 4.78 is 0. The smallest absolute Gasteiger partial charge is 0.234 e. The largest absolute Gasteiger partial charge is 0.325 e. The molecule has 7 heteroatoms. The third kappa shape index (κ3) is 3.98. The normalized spacial score (nSPS) is 10.8. The maximum Gasteiger partial charge on any atom is 0.234 e. The molecule has 0 saturated heterocycles. The van der Waals surface area contributed by atoms with Crippen molar-refractivity contribution in [3.63, 3.8) is 0 Å². The number of rotatable bonds is 4. The summed E-state index contributed by atoms with van der Waals surface area (Å²) in [4.78, 5) is 21.0. The van der Waals surface area contributed by atoms with E-state index in [-0.39, 0.29) is 11.7 Å². The molecule has 1 aromatic heterocycles. The van der Waals surface area contributed by atoms with E-state index in [1.807, 2.05) is 31.2 Å². The van der Waals surface area contributed by atoms with Gasteiger partial charge in [-0.1, -0.05) is 53.2 Å². The molecule has 24 heavy (non-hydrogen) atoms. The summed E-state index contributed by atoms with van der Waals surface area (Å²) in [6, 6.07) is 12.7. The SMILES string of the molecule is Cc1nc(SCC(=O)Nc2ccc(Cl)c(Cl)c2)c2ccccc2n1. The maximum atomic E-state index is 12.2. The number of benzene rings is 2. The van der Waals surface area contributed by atoms with Crippen molar-refractivity contribution in [3.8, 4) is 0 Å². The summed E-state index contributed by atoms with van der Waals surface area (Å²) in [6.07, 6.45) is 0. The van der Waals surface area contributed by atoms with Gasteiger partial charge in [-0.3, -0.25) is 4.79 Å². The Morgan fingerprint density at radius 2 is 1.92 bits per heavy atom. The Hall–Kier alpha value is -1.82. The molecule has 0 spiro atoms. The van der Waals surface area contributed by atoms with E-state index in [1.54, 1.807) is 18.2 Å². The molecule has 2 aromatic carbocycles. The third-order valence-electron chi connectivity index (χ3n) is 3.22. The molecule has 1 amide bonds. The molecule has 3 rings (SSSR count). The van der Waals surface area contributed by atoms with Crippen LogP contribution in [0.4, 0.5) is 5.69 Å². The highest BCUT2D eigenvalue weighted by Crippen LogP contribution is 2.27. The van der Waals surface area contributed by atoms with Crippen LogP contribution in [0, 0.1) is 6.92 Å². The van der Waals surface area contributed by atoms with E-state index in [4.69, 9.17) is 23.2 Å². The molecule has 0 aliphatic rings. The minimum atomic E-state index is -0.140. The molecule has 0 radical (unpaired) electrons. The van der Waals surface area contributed by atoms with Crippen molar-refractivity contribution >= 4 is 57.5 Å². The van der Waals surface area contributed by atoms with Crippen LogP contribution in [0.5, 0.6) is 0 Å². The fourth-order valence-electron chi connectivity index (χ4n) is 2.17. The van der Waals surface area contributed by atoms with Crippen LogP contribution in [0.25, 0.3) is 10.9 Å². The second-order valence-electron chi connectivity index (χ2n) is 5.06. The molecule has 1 heterocycles. The number of thioether (sulfide) groups is 1. The number of amides is 1.